The van der Waals surface area contributed by atoms with Crippen LogP contribution in [-0.2, 0) is 11.8 Å². The zero-order chi connectivity index (χ0) is 19.3. The third-order valence-corrected chi connectivity index (χ3v) is 5.56. The van der Waals surface area contributed by atoms with Crippen molar-refractivity contribution in [1.82, 2.24) is 4.90 Å². The third kappa shape index (κ3) is 6.00. The molecule has 0 amide bonds. The number of ether oxygens (including phenoxy) is 1. The number of phenols is 1. The Labute approximate surface area is 164 Å². The minimum Gasteiger partial charge on any atom is -0.508 e. The highest BCUT2D eigenvalue weighted by molar-refractivity contribution is 5.30. The van der Waals surface area contributed by atoms with Gasteiger partial charge in [-0.05, 0) is 79.1 Å². The van der Waals surface area contributed by atoms with Gasteiger partial charge in [-0.15, -0.1) is 0 Å². The van der Waals surface area contributed by atoms with Gasteiger partial charge in [0.1, 0.15) is 18.1 Å². The molecule has 0 aromatic heterocycles. The van der Waals surface area contributed by atoms with Crippen LogP contribution in [0.1, 0.15) is 44.7 Å². The van der Waals surface area contributed by atoms with Crippen LogP contribution in [0.25, 0.3) is 0 Å². The Bertz CT molecular complexity index is 693. The number of phenolic OH excluding ortho intramolecular Hbond substituents is 1. The van der Waals surface area contributed by atoms with E-state index in [0.29, 0.717) is 6.61 Å². The number of benzene rings is 2. The lowest BCUT2D eigenvalue weighted by Crippen LogP contribution is -2.37. The van der Waals surface area contributed by atoms with Crippen LogP contribution in [-0.4, -0.2) is 36.2 Å². The molecule has 0 atom stereocenters. The van der Waals surface area contributed by atoms with Crippen molar-refractivity contribution >= 4 is 0 Å². The minimum absolute atomic E-state index is 0.228. The normalized spacial score (nSPS) is 16.4. The smallest absolute Gasteiger partial charge is 0.119 e. The Hall–Kier alpha value is -2.00. The van der Waals surface area contributed by atoms with E-state index in [1.54, 1.807) is 12.1 Å². The van der Waals surface area contributed by atoms with Crippen LogP contribution in [0.3, 0.4) is 0 Å². The standard InChI is InChI=1S/C24H33NO2/c1-24(2,3)21-6-4-19(5-7-21)18-20-12-14-25(15-13-20)16-17-27-23-10-8-22(26)9-11-23/h4-11,20,26H,12-18H2,1-3H3. The molecule has 0 radical (unpaired) electrons. The zero-order valence-corrected chi connectivity index (χ0v) is 16.9. The highest BCUT2D eigenvalue weighted by Gasteiger charge is 2.20. The van der Waals surface area contributed by atoms with Crippen molar-refractivity contribution in [2.45, 2.75) is 45.4 Å². The van der Waals surface area contributed by atoms with Gasteiger partial charge in [0.05, 0.1) is 0 Å². The second kappa shape index (κ2) is 8.79. The van der Waals surface area contributed by atoms with E-state index in [2.05, 4.69) is 49.9 Å². The van der Waals surface area contributed by atoms with E-state index >= 15 is 0 Å². The maximum absolute atomic E-state index is 9.30. The first-order valence-electron chi connectivity index (χ1n) is 10.1. The molecule has 146 valence electrons. The summed E-state index contributed by atoms with van der Waals surface area (Å²) < 4.78 is 5.77. The predicted octanol–water partition coefficient (Wildman–Crippen LogP) is 5.02. The Kier molecular flexibility index (Phi) is 6.43. The van der Waals surface area contributed by atoms with E-state index in [1.807, 2.05) is 12.1 Å². The number of piperidine rings is 1. The quantitative estimate of drug-likeness (QED) is 0.778. The van der Waals surface area contributed by atoms with Crippen LogP contribution in [0.5, 0.6) is 11.5 Å². The maximum Gasteiger partial charge on any atom is 0.119 e. The lowest BCUT2D eigenvalue weighted by atomic mass is 9.85. The molecule has 2 aromatic rings. The largest absolute Gasteiger partial charge is 0.508 e. The number of rotatable bonds is 6. The van der Waals surface area contributed by atoms with E-state index in [0.717, 1.165) is 31.3 Å². The molecule has 27 heavy (non-hydrogen) atoms. The van der Waals surface area contributed by atoms with Crippen LogP contribution in [0.4, 0.5) is 0 Å². The van der Waals surface area contributed by atoms with Crippen molar-refractivity contribution < 1.29 is 9.84 Å². The van der Waals surface area contributed by atoms with Gasteiger partial charge in [-0.2, -0.15) is 0 Å². The summed E-state index contributed by atoms with van der Waals surface area (Å²) in [4.78, 5) is 2.50. The first kappa shape index (κ1) is 19.8. The molecule has 2 aromatic carbocycles. The highest BCUT2D eigenvalue weighted by Crippen LogP contribution is 2.25. The van der Waals surface area contributed by atoms with Gasteiger partial charge in [-0.1, -0.05) is 45.0 Å². The Morgan fingerprint density at radius 3 is 2.19 bits per heavy atom. The van der Waals surface area contributed by atoms with Gasteiger partial charge in [0.25, 0.3) is 0 Å². The molecular formula is C24H33NO2. The van der Waals surface area contributed by atoms with Crippen molar-refractivity contribution in [1.29, 1.82) is 0 Å². The number of hydrogen-bond acceptors (Lipinski definition) is 3. The van der Waals surface area contributed by atoms with Crippen molar-refractivity contribution in [3.63, 3.8) is 0 Å². The molecule has 1 aliphatic rings. The summed E-state index contributed by atoms with van der Waals surface area (Å²) in [6, 6.07) is 16.2. The average molecular weight is 368 g/mol. The summed E-state index contributed by atoms with van der Waals surface area (Å²) >= 11 is 0. The summed E-state index contributed by atoms with van der Waals surface area (Å²) in [6.07, 6.45) is 3.72. The van der Waals surface area contributed by atoms with Crippen molar-refractivity contribution in [3.8, 4) is 11.5 Å². The van der Waals surface area contributed by atoms with E-state index in [1.165, 1.54) is 30.4 Å². The third-order valence-electron chi connectivity index (χ3n) is 5.56. The molecule has 1 saturated heterocycles. The Balaban J connectivity index is 1.38. The molecule has 0 unspecified atom stereocenters. The lowest BCUT2D eigenvalue weighted by Gasteiger charge is -2.32. The Morgan fingerprint density at radius 2 is 1.59 bits per heavy atom. The fourth-order valence-electron chi connectivity index (χ4n) is 3.72. The van der Waals surface area contributed by atoms with Gasteiger partial charge in [-0.3, -0.25) is 4.90 Å². The Morgan fingerprint density at radius 1 is 0.963 bits per heavy atom. The fourth-order valence-corrected chi connectivity index (χ4v) is 3.72. The van der Waals surface area contributed by atoms with E-state index in [-0.39, 0.29) is 11.2 Å². The fraction of sp³-hybridized carbons (Fsp3) is 0.500. The summed E-state index contributed by atoms with van der Waals surface area (Å²) in [6.45, 7) is 10.8. The minimum atomic E-state index is 0.228. The van der Waals surface area contributed by atoms with Crippen LogP contribution in [0.15, 0.2) is 48.5 Å². The van der Waals surface area contributed by atoms with Crippen LogP contribution in [0, 0.1) is 5.92 Å². The van der Waals surface area contributed by atoms with E-state index in [9.17, 15) is 5.11 Å². The molecule has 0 bridgehead atoms. The SMILES string of the molecule is CC(C)(C)c1ccc(CC2CCN(CCOc3ccc(O)cc3)CC2)cc1. The monoisotopic (exact) mass is 367 g/mol. The van der Waals surface area contributed by atoms with Gasteiger partial charge in [0.15, 0.2) is 0 Å². The molecule has 3 heteroatoms. The number of hydrogen-bond donors (Lipinski definition) is 1. The molecule has 3 nitrogen and oxygen atoms in total. The van der Waals surface area contributed by atoms with Crippen LogP contribution >= 0.6 is 0 Å². The molecule has 0 aliphatic carbocycles. The number of nitrogens with zero attached hydrogens (tertiary/aromatic N) is 1. The van der Waals surface area contributed by atoms with Crippen LogP contribution < -0.4 is 4.74 Å². The lowest BCUT2D eigenvalue weighted by molar-refractivity contribution is 0.155. The first-order valence-corrected chi connectivity index (χ1v) is 10.1. The van der Waals surface area contributed by atoms with Gasteiger partial charge < -0.3 is 9.84 Å². The van der Waals surface area contributed by atoms with Gasteiger partial charge in [0.2, 0.25) is 0 Å². The second-order valence-corrected chi connectivity index (χ2v) is 8.78. The van der Waals surface area contributed by atoms with Gasteiger partial charge in [-0.25, -0.2) is 0 Å². The van der Waals surface area contributed by atoms with Gasteiger partial charge in [0, 0.05) is 6.54 Å². The number of likely N-dealkylation sites (tertiary alicyclic amines) is 1. The molecule has 1 heterocycles. The highest BCUT2D eigenvalue weighted by atomic mass is 16.5. The first-order chi connectivity index (χ1) is 12.9. The summed E-state index contributed by atoms with van der Waals surface area (Å²) in [5.74, 6) is 1.89. The molecule has 1 aliphatic heterocycles. The van der Waals surface area contributed by atoms with Crippen molar-refractivity contribution in [2.24, 2.45) is 5.92 Å². The summed E-state index contributed by atoms with van der Waals surface area (Å²) in [5, 5.41) is 9.30. The molecule has 3 rings (SSSR count). The second-order valence-electron chi connectivity index (χ2n) is 8.78. The predicted molar refractivity (Wildman–Crippen MR) is 112 cm³/mol. The summed E-state index contributed by atoms with van der Waals surface area (Å²) in [5.41, 5.74) is 3.11. The van der Waals surface area contributed by atoms with Gasteiger partial charge >= 0.3 is 0 Å². The molecule has 0 saturated carbocycles. The van der Waals surface area contributed by atoms with Crippen molar-refractivity contribution in [2.75, 3.05) is 26.2 Å². The van der Waals surface area contributed by atoms with E-state index in [4.69, 9.17) is 4.74 Å². The van der Waals surface area contributed by atoms with Crippen LogP contribution in [0.2, 0.25) is 0 Å². The average Bonchev–Trinajstić information content (AvgIpc) is 2.64. The number of aromatic hydroxyl groups is 1. The molecule has 1 N–H and O–H groups in total. The summed E-state index contributed by atoms with van der Waals surface area (Å²) in [7, 11) is 0. The maximum atomic E-state index is 9.30. The molecule has 1 fully saturated rings. The van der Waals surface area contributed by atoms with Crippen molar-refractivity contribution in [3.05, 3.63) is 59.7 Å². The molecule has 0 spiro atoms. The topological polar surface area (TPSA) is 32.7 Å². The molecular weight excluding hydrogens is 334 g/mol. The zero-order valence-electron chi connectivity index (χ0n) is 16.9. The van der Waals surface area contributed by atoms with E-state index < -0.39 is 0 Å².